The molecule has 1 aliphatic rings. The van der Waals surface area contributed by atoms with Crippen LogP contribution < -0.4 is 5.32 Å². The fourth-order valence-corrected chi connectivity index (χ4v) is 2.38. The van der Waals surface area contributed by atoms with E-state index in [0.717, 1.165) is 12.8 Å². The maximum atomic E-state index is 8.97. The van der Waals surface area contributed by atoms with Gasteiger partial charge >= 0.3 is 0 Å². The van der Waals surface area contributed by atoms with Gasteiger partial charge in [-0.05, 0) is 24.0 Å². The van der Waals surface area contributed by atoms with Crippen molar-refractivity contribution in [3.63, 3.8) is 0 Å². The molecule has 1 N–H and O–H groups in total. The SMILES string of the molecule is N#Cc1nccnc1NC1Cc2ccccc2C1. The normalized spacial score (nSPS) is 13.9. The van der Waals surface area contributed by atoms with Gasteiger partial charge in [0.05, 0.1) is 0 Å². The third-order valence-electron chi connectivity index (χ3n) is 3.20. The van der Waals surface area contributed by atoms with Crippen molar-refractivity contribution in [1.82, 2.24) is 9.97 Å². The molecule has 2 aromatic rings. The maximum absolute atomic E-state index is 8.97. The van der Waals surface area contributed by atoms with Crippen molar-refractivity contribution in [1.29, 1.82) is 5.26 Å². The average Bonchev–Trinajstić information content (AvgIpc) is 2.81. The molecule has 0 atom stereocenters. The Hall–Kier alpha value is -2.41. The standard InChI is InChI=1S/C14H12N4/c15-9-13-14(17-6-5-16-13)18-12-7-10-3-1-2-4-11(10)8-12/h1-6,12H,7-8H2,(H,17,18). The molecule has 0 bridgehead atoms. The first-order valence-electron chi connectivity index (χ1n) is 5.91. The molecule has 0 amide bonds. The van der Waals surface area contributed by atoms with E-state index in [4.69, 9.17) is 5.26 Å². The molecule has 18 heavy (non-hydrogen) atoms. The number of rotatable bonds is 2. The topological polar surface area (TPSA) is 61.6 Å². The van der Waals surface area contributed by atoms with Gasteiger partial charge in [0.25, 0.3) is 0 Å². The number of nitrogens with one attached hydrogen (secondary N) is 1. The number of anilines is 1. The zero-order valence-corrected chi connectivity index (χ0v) is 9.80. The van der Waals surface area contributed by atoms with Crippen LogP contribution in [0.15, 0.2) is 36.7 Å². The molecule has 0 saturated carbocycles. The van der Waals surface area contributed by atoms with Gasteiger partial charge in [-0.2, -0.15) is 5.26 Å². The second-order valence-corrected chi connectivity index (χ2v) is 4.38. The Kier molecular flexibility index (Phi) is 2.66. The summed E-state index contributed by atoms with van der Waals surface area (Å²) in [7, 11) is 0. The van der Waals surface area contributed by atoms with E-state index in [1.54, 1.807) is 6.20 Å². The average molecular weight is 236 g/mol. The van der Waals surface area contributed by atoms with Crippen LogP contribution >= 0.6 is 0 Å². The highest BCUT2D eigenvalue weighted by molar-refractivity contribution is 5.49. The highest BCUT2D eigenvalue weighted by Gasteiger charge is 2.21. The fourth-order valence-electron chi connectivity index (χ4n) is 2.38. The van der Waals surface area contributed by atoms with Gasteiger partial charge in [-0.25, -0.2) is 9.97 Å². The zero-order valence-electron chi connectivity index (χ0n) is 9.80. The second-order valence-electron chi connectivity index (χ2n) is 4.38. The van der Waals surface area contributed by atoms with Crippen LogP contribution in [0.4, 0.5) is 5.82 Å². The molecule has 1 aromatic carbocycles. The van der Waals surface area contributed by atoms with E-state index in [1.807, 2.05) is 0 Å². The van der Waals surface area contributed by atoms with E-state index < -0.39 is 0 Å². The molecule has 0 aliphatic heterocycles. The summed E-state index contributed by atoms with van der Waals surface area (Å²) in [6, 6.07) is 10.8. The first-order chi connectivity index (χ1) is 8.86. The predicted octanol–water partition coefficient (Wildman–Crippen LogP) is 1.93. The fraction of sp³-hybridized carbons (Fsp3) is 0.214. The lowest BCUT2D eigenvalue weighted by Gasteiger charge is -2.12. The van der Waals surface area contributed by atoms with E-state index in [1.165, 1.54) is 17.3 Å². The van der Waals surface area contributed by atoms with Crippen LogP contribution in [-0.2, 0) is 12.8 Å². The Morgan fingerprint density at radius 1 is 1.11 bits per heavy atom. The molecule has 3 rings (SSSR count). The molecule has 4 nitrogen and oxygen atoms in total. The number of fused-ring (bicyclic) bond motifs is 1. The van der Waals surface area contributed by atoms with Crippen molar-refractivity contribution < 1.29 is 0 Å². The number of hydrogen-bond donors (Lipinski definition) is 1. The first kappa shape index (κ1) is 10.7. The second kappa shape index (κ2) is 4.46. The molecular weight excluding hydrogens is 224 g/mol. The summed E-state index contributed by atoms with van der Waals surface area (Å²) in [6.07, 6.45) is 5.08. The van der Waals surface area contributed by atoms with E-state index in [2.05, 4.69) is 45.6 Å². The smallest absolute Gasteiger partial charge is 0.182 e. The molecule has 0 unspecified atom stereocenters. The highest BCUT2D eigenvalue weighted by atomic mass is 15.0. The first-order valence-corrected chi connectivity index (χ1v) is 5.91. The summed E-state index contributed by atoms with van der Waals surface area (Å²) >= 11 is 0. The van der Waals surface area contributed by atoms with Crippen LogP contribution in [0.2, 0.25) is 0 Å². The highest BCUT2D eigenvalue weighted by Crippen LogP contribution is 2.24. The Balaban J connectivity index is 1.79. The van der Waals surface area contributed by atoms with Crippen LogP contribution in [-0.4, -0.2) is 16.0 Å². The molecule has 4 heteroatoms. The molecular formula is C14H12N4. The lowest BCUT2D eigenvalue weighted by molar-refractivity contribution is 0.766. The summed E-state index contributed by atoms with van der Waals surface area (Å²) in [5.41, 5.74) is 3.10. The summed E-state index contributed by atoms with van der Waals surface area (Å²) in [4.78, 5) is 8.18. The lowest BCUT2D eigenvalue weighted by Crippen LogP contribution is -2.21. The number of nitriles is 1. The molecule has 0 saturated heterocycles. The van der Waals surface area contributed by atoms with Gasteiger partial charge in [0.15, 0.2) is 11.5 Å². The minimum Gasteiger partial charge on any atom is -0.364 e. The van der Waals surface area contributed by atoms with Crippen LogP contribution in [0.3, 0.4) is 0 Å². The summed E-state index contributed by atoms with van der Waals surface area (Å²) in [5, 5.41) is 12.3. The number of aromatic nitrogens is 2. The van der Waals surface area contributed by atoms with E-state index in [0.29, 0.717) is 17.6 Å². The van der Waals surface area contributed by atoms with Crippen molar-refractivity contribution in [3.05, 3.63) is 53.5 Å². The number of hydrogen-bond acceptors (Lipinski definition) is 4. The minimum atomic E-state index is 0.297. The molecule has 1 aliphatic carbocycles. The number of benzene rings is 1. The van der Waals surface area contributed by atoms with Gasteiger partial charge in [-0.15, -0.1) is 0 Å². The Bertz CT molecular complexity index is 590. The molecule has 88 valence electrons. The lowest BCUT2D eigenvalue weighted by atomic mass is 10.1. The Morgan fingerprint density at radius 3 is 2.44 bits per heavy atom. The van der Waals surface area contributed by atoms with Gasteiger partial charge in [0, 0.05) is 18.4 Å². The van der Waals surface area contributed by atoms with E-state index >= 15 is 0 Å². The quantitative estimate of drug-likeness (QED) is 0.865. The summed E-state index contributed by atoms with van der Waals surface area (Å²) < 4.78 is 0. The van der Waals surface area contributed by atoms with Gasteiger partial charge in [-0.1, -0.05) is 24.3 Å². The van der Waals surface area contributed by atoms with Crippen molar-refractivity contribution in [2.24, 2.45) is 0 Å². The number of nitrogens with zero attached hydrogens (tertiary/aromatic N) is 3. The van der Waals surface area contributed by atoms with E-state index in [9.17, 15) is 0 Å². The van der Waals surface area contributed by atoms with Gasteiger partial charge < -0.3 is 5.32 Å². The van der Waals surface area contributed by atoms with Gasteiger partial charge in [0.2, 0.25) is 0 Å². The maximum Gasteiger partial charge on any atom is 0.182 e. The van der Waals surface area contributed by atoms with Crippen molar-refractivity contribution in [2.45, 2.75) is 18.9 Å². The minimum absolute atomic E-state index is 0.297. The van der Waals surface area contributed by atoms with Crippen LogP contribution in [0.25, 0.3) is 0 Å². The third kappa shape index (κ3) is 1.91. The van der Waals surface area contributed by atoms with Crippen LogP contribution in [0, 0.1) is 11.3 Å². The van der Waals surface area contributed by atoms with Gasteiger partial charge in [-0.3, -0.25) is 0 Å². The van der Waals surface area contributed by atoms with Gasteiger partial charge in [0.1, 0.15) is 6.07 Å². The van der Waals surface area contributed by atoms with E-state index in [-0.39, 0.29) is 0 Å². The molecule has 1 aromatic heterocycles. The molecule has 0 radical (unpaired) electrons. The Morgan fingerprint density at radius 2 is 1.78 bits per heavy atom. The Labute approximate surface area is 105 Å². The van der Waals surface area contributed by atoms with Crippen molar-refractivity contribution in [3.8, 4) is 6.07 Å². The van der Waals surface area contributed by atoms with Crippen LogP contribution in [0.1, 0.15) is 16.8 Å². The van der Waals surface area contributed by atoms with Crippen molar-refractivity contribution in [2.75, 3.05) is 5.32 Å². The largest absolute Gasteiger partial charge is 0.364 e. The summed E-state index contributed by atoms with van der Waals surface area (Å²) in [6.45, 7) is 0. The predicted molar refractivity (Wildman–Crippen MR) is 68.0 cm³/mol. The molecule has 1 heterocycles. The molecule has 0 fully saturated rings. The van der Waals surface area contributed by atoms with Crippen molar-refractivity contribution >= 4 is 5.82 Å². The monoisotopic (exact) mass is 236 g/mol. The van der Waals surface area contributed by atoms with Crippen LogP contribution in [0.5, 0.6) is 0 Å². The third-order valence-corrected chi connectivity index (χ3v) is 3.20. The zero-order chi connectivity index (χ0) is 12.4. The summed E-state index contributed by atoms with van der Waals surface area (Å²) in [5.74, 6) is 0.581. The molecule has 0 spiro atoms.